The lowest BCUT2D eigenvalue weighted by atomic mass is 10.0. The van der Waals surface area contributed by atoms with E-state index in [2.05, 4.69) is 10.2 Å². The largest absolute Gasteiger partial charge is 0.365 e. The minimum atomic E-state index is -0.504. The highest BCUT2D eigenvalue weighted by atomic mass is 19.1. The number of ketones is 2. The summed E-state index contributed by atoms with van der Waals surface area (Å²) >= 11 is 0. The van der Waals surface area contributed by atoms with Gasteiger partial charge in [-0.15, -0.1) is 0 Å². The summed E-state index contributed by atoms with van der Waals surface area (Å²) in [6.45, 7) is 5.66. The van der Waals surface area contributed by atoms with Crippen LogP contribution in [0.1, 0.15) is 82.4 Å². The molecule has 0 spiro atoms. The van der Waals surface area contributed by atoms with E-state index in [0.717, 1.165) is 11.4 Å². The van der Waals surface area contributed by atoms with Crippen LogP contribution in [0.5, 0.6) is 0 Å². The van der Waals surface area contributed by atoms with Gasteiger partial charge in [0.1, 0.15) is 35.2 Å². The molecule has 8 nitrogen and oxygen atoms in total. The number of carbonyl (C=O) groups is 2. The molecule has 40 heavy (non-hydrogen) atoms. The number of rotatable bonds is 6. The molecule has 0 bridgehead atoms. The number of aromatic nitrogens is 4. The second-order valence-electron chi connectivity index (χ2n) is 9.45. The minimum absolute atomic E-state index is 0.0146. The molecule has 0 saturated carbocycles. The molecule has 2 aliphatic rings. The van der Waals surface area contributed by atoms with E-state index in [-0.39, 0.29) is 23.2 Å². The van der Waals surface area contributed by atoms with Crippen LogP contribution in [0.2, 0.25) is 0 Å². The van der Waals surface area contributed by atoms with Crippen molar-refractivity contribution < 1.29 is 27.8 Å². The van der Waals surface area contributed by atoms with Crippen LogP contribution in [0.3, 0.4) is 0 Å². The number of benzene rings is 2. The lowest BCUT2D eigenvalue weighted by molar-refractivity contribution is 0.0400. The molecular formula is C30H30F2N4O4. The Hall–Kier alpha value is -4.02. The quantitative estimate of drug-likeness (QED) is 0.297. The Morgan fingerprint density at radius 3 is 1.52 bits per heavy atom. The maximum absolute atomic E-state index is 13.9. The third-order valence-corrected chi connectivity index (χ3v) is 6.92. The van der Waals surface area contributed by atoms with Crippen molar-refractivity contribution in [2.75, 3.05) is 13.2 Å². The predicted octanol–water partition coefficient (Wildman–Crippen LogP) is 5.47. The molecule has 0 unspecified atom stereocenters. The molecule has 6 rings (SSSR count). The summed E-state index contributed by atoms with van der Waals surface area (Å²) in [7, 11) is 0. The Balaban J connectivity index is 0.000000161. The smallest absolute Gasteiger partial charge is 0.182 e. The van der Waals surface area contributed by atoms with E-state index < -0.39 is 12.2 Å². The summed E-state index contributed by atoms with van der Waals surface area (Å²) in [5.74, 6) is -0.649. The van der Waals surface area contributed by atoms with Crippen LogP contribution in [0, 0.1) is 11.6 Å². The summed E-state index contributed by atoms with van der Waals surface area (Å²) < 4.78 is 42.7. The lowest BCUT2D eigenvalue weighted by Gasteiger charge is -2.24. The van der Waals surface area contributed by atoms with Crippen molar-refractivity contribution in [2.45, 2.75) is 52.0 Å². The predicted molar refractivity (Wildman–Crippen MR) is 142 cm³/mol. The molecular weight excluding hydrogens is 518 g/mol. The number of hydrogen-bond donors (Lipinski definition) is 0. The van der Waals surface area contributed by atoms with Crippen molar-refractivity contribution in [1.82, 2.24) is 19.6 Å². The van der Waals surface area contributed by atoms with Gasteiger partial charge >= 0.3 is 0 Å². The molecule has 208 valence electrons. The van der Waals surface area contributed by atoms with Gasteiger partial charge in [-0.2, -0.15) is 10.2 Å². The van der Waals surface area contributed by atoms with E-state index in [1.54, 1.807) is 71.7 Å². The molecule has 2 aliphatic heterocycles. The van der Waals surface area contributed by atoms with Crippen LogP contribution in [0.4, 0.5) is 8.78 Å². The monoisotopic (exact) mass is 548 g/mol. The lowest BCUT2D eigenvalue weighted by Crippen LogP contribution is -2.23. The van der Waals surface area contributed by atoms with Gasteiger partial charge in [0.05, 0.1) is 37.7 Å². The fourth-order valence-electron chi connectivity index (χ4n) is 4.84. The normalized spacial score (nSPS) is 17.8. The summed E-state index contributed by atoms with van der Waals surface area (Å²) in [6.07, 6.45) is -0.199. The zero-order chi connectivity index (χ0) is 28.2. The first-order valence-corrected chi connectivity index (χ1v) is 13.3. The zero-order valence-corrected chi connectivity index (χ0v) is 22.3. The van der Waals surface area contributed by atoms with Gasteiger partial charge in [-0.3, -0.25) is 19.0 Å². The van der Waals surface area contributed by atoms with E-state index in [9.17, 15) is 18.4 Å². The molecule has 0 aliphatic carbocycles. The molecule has 2 aromatic heterocycles. The van der Waals surface area contributed by atoms with Crippen molar-refractivity contribution in [3.05, 3.63) is 106 Å². The third-order valence-electron chi connectivity index (χ3n) is 6.92. The van der Waals surface area contributed by atoms with Crippen molar-refractivity contribution in [1.29, 1.82) is 0 Å². The summed E-state index contributed by atoms with van der Waals surface area (Å²) in [6, 6.07) is 16.5. The first-order valence-electron chi connectivity index (χ1n) is 13.3. The Morgan fingerprint density at radius 2 is 1.15 bits per heavy atom. The molecule has 4 aromatic rings. The Kier molecular flexibility index (Phi) is 8.27. The van der Waals surface area contributed by atoms with Gasteiger partial charge in [0.2, 0.25) is 0 Å². The Labute approximate surface area is 230 Å². The average Bonchev–Trinajstić information content (AvgIpc) is 3.62. The molecule has 0 fully saturated rings. The molecule has 0 radical (unpaired) electrons. The van der Waals surface area contributed by atoms with Crippen molar-refractivity contribution in [3.63, 3.8) is 0 Å². The van der Waals surface area contributed by atoms with Crippen LogP contribution in [0.25, 0.3) is 0 Å². The molecule has 2 atom stereocenters. The van der Waals surface area contributed by atoms with E-state index >= 15 is 0 Å². The number of Topliss-reactive ketones (excluding diaryl/α,β-unsaturated/α-hetero) is 2. The number of hydrogen-bond acceptors (Lipinski definition) is 6. The van der Waals surface area contributed by atoms with Gasteiger partial charge in [0.15, 0.2) is 11.6 Å². The van der Waals surface area contributed by atoms with Gasteiger partial charge in [-0.05, 0) is 24.3 Å². The number of ether oxygens (including phenoxy) is 2. The van der Waals surface area contributed by atoms with E-state index in [0.29, 0.717) is 61.7 Å². The highest BCUT2D eigenvalue weighted by Crippen LogP contribution is 2.32. The molecule has 0 amide bonds. The number of nitrogens with zero attached hydrogens (tertiary/aromatic N) is 4. The van der Waals surface area contributed by atoms with E-state index in [4.69, 9.17) is 9.47 Å². The number of fused-ring (bicyclic) bond motifs is 2. The van der Waals surface area contributed by atoms with Crippen LogP contribution < -0.4 is 0 Å². The Bertz CT molecular complexity index is 1420. The second-order valence-corrected chi connectivity index (χ2v) is 9.45. The van der Waals surface area contributed by atoms with Crippen LogP contribution >= 0.6 is 0 Å². The number of halogens is 2. The van der Waals surface area contributed by atoms with Crippen LogP contribution in [-0.2, 0) is 22.6 Å². The topological polar surface area (TPSA) is 88.2 Å². The molecule has 4 heterocycles. The zero-order valence-electron chi connectivity index (χ0n) is 22.3. The summed E-state index contributed by atoms with van der Waals surface area (Å²) in [5, 5.41) is 8.58. The molecule has 2 aromatic carbocycles. The molecule has 0 saturated heterocycles. The molecule has 10 heteroatoms. The maximum atomic E-state index is 13.9. The number of carbonyl (C=O) groups excluding carboxylic acids is 2. The second kappa shape index (κ2) is 12.0. The van der Waals surface area contributed by atoms with Crippen molar-refractivity contribution in [3.8, 4) is 0 Å². The van der Waals surface area contributed by atoms with Crippen LogP contribution in [0.15, 0.2) is 60.7 Å². The highest BCUT2D eigenvalue weighted by molar-refractivity contribution is 5.94. The van der Waals surface area contributed by atoms with Gasteiger partial charge < -0.3 is 9.47 Å². The highest BCUT2D eigenvalue weighted by Gasteiger charge is 2.29. The van der Waals surface area contributed by atoms with Crippen LogP contribution in [-0.4, -0.2) is 44.3 Å². The fourth-order valence-corrected chi connectivity index (χ4v) is 4.84. The van der Waals surface area contributed by atoms with Crippen molar-refractivity contribution in [2.24, 2.45) is 0 Å². The maximum Gasteiger partial charge on any atom is 0.182 e. The standard InChI is InChI=1S/2C15H15FN2O2/c2*1-2-14(19)12-9-13-15(20-8-7-18(13)17-12)10-5-3-4-6-11(10)16/h2*3-6,9,15H,2,7-8H2,1H3/t2*15-/m10/s1. The summed E-state index contributed by atoms with van der Waals surface area (Å²) in [4.78, 5) is 23.5. The van der Waals surface area contributed by atoms with Gasteiger partial charge in [-0.25, -0.2) is 8.78 Å². The average molecular weight is 549 g/mol. The van der Waals surface area contributed by atoms with Gasteiger partial charge in [0.25, 0.3) is 0 Å². The first kappa shape index (κ1) is 27.5. The van der Waals surface area contributed by atoms with Gasteiger partial charge in [-0.1, -0.05) is 50.2 Å². The first-order chi connectivity index (χ1) is 19.4. The minimum Gasteiger partial charge on any atom is -0.365 e. The molecule has 0 N–H and O–H groups in total. The van der Waals surface area contributed by atoms with Crippen molar-refractivity contribution >= 4 is 11.6 Å². The SMILES string of the molecule is CCC(=O)c1cc2n(n1)CCO[C@@H]2c1ccccc1F.CCC(=O)c1cc2n(n1)CCO[C@H]2c1ccccc1F. The van der Waals surface area contributed by atoms with E-state index in [1.165, 1.54) is 12.1 Å². The van der Waals surface area contributed by atoms with Gasteiger partial charge in [0, 0.05) is 24.0 Å². The third kappa shape index (κ3) is 5.50. The Morgan fingerprint density at radius 1 is 0.750 bits per heavy atom. The van der Waals surface area contributed by atoms with E-state index in [1.807, 2.05) is 0 Å². The summed E-state index contributed by atoms with van der Waals surface area (Å²) in [5.41, 5.74) is 3.27. The fraction of sp³-hybridized carbons (Fsp3) is 0.333.